The van der Waals surface area contributed by atoms with Crippen molar-refractivity contribution < 1.29 is 33.8 Å². The molecule has 1 amide bonds. The molecule has 11 nitrogen and oxygen atoms in total. The van der Waals surface area contributed by atoms with Crippen molar-refractivity contribution in [3.63, 3.8) is 0 Å². The summed E-state index contributed by atoms with van der Waals surface area (Å²) in [6.07, 6.45) is -1.72. The van der Waals surface area contributed by atoms with Gasteiger partial charge in [-0.05, 0) is 13.0 Å². The summed E-state index contributed by atoms with van der Waals surface area (Å²) in [5, 5.41) is 22.3. The lowest BCUT2D eigenvalue weighted by molar-refractivity contribution is -0.386. The Morgan fingerprint density at radius 1 is 1.46 bits per heavy atom. The summed E-state index contributed by atoms with van der Waals surface area (Å²) in [7, 11) is 0. The van der Waals surface area contributed by atoms with Gasteiger partial charge < -0.3 is 30.4 Å². The van der Waals surface area contributed by atoms with Crippen molar-refractivity contribution in [3.05, 3.63) is 27.8 Å². The maximum absolute atomic E-state index is 11.8. The molecule has 1 aliphatic rings. The van der Waals surface area contributed by atoms with Crippen molar-refractivity contribution in [1.82, 2.24) is 5.32 Å². The van der Waals surface area contributed by atoms with E-state index >= 15 is 0 Å². The molecule has 4 N–H and O–H groups in total. The smallest absolute Gasteiger partial charge is 0.408 e. The molecule has 0 aliphatic carbocycles. The van der Waals surface area contributed by atoms with Gasteiger partial charge in [0.1, 0.15) is 12.1 Å². The summed E-state index contributed by atoms with van der Waals surface area (Å²) in [5.41, 5.74) is 5.24. The van der Waals surface area contributed by atoms with Gasteiger partial charge in [-0.25, -0.2) is 4.79 Å². The predicted octanol–water partition coefficient (Wildman–Crippen LogP) is 1.21. The van der Waals surface area contributed by atoms with E-state index in [9.17, 15) is 19.7 Å². The van der Waals surface area contributed by atoms with E-state index < -0.39 is 29.1 Å². The number of aliphatic carboxylic acids is 1. The monoisotopic (exact) mass is 387 g/mol. The first kappa shape index (κ1) is 19.6. The first-order chi connectivity index (χ1) is 12.3. The van der Waals surface area contributed by atoms with Crippen LogP contribution in [0.5, 0.6) is 11.5 Å². The van der Waals surface area contributed by atoms with Crippen molar-refractivity contribution in [1.29, 1.82) is 0 Å². The molecule has 2 atom stereocenters. The van der Waals surface area contributed by atoms with Gasteiger partial charge in [-0.15, -0.1) is 11.8 Å². The number of ether oxygens (including phenoxy) is 3. The summed E-state index contributed by atoms with van der Waals surface area (Å²) in [5.74, 6) is -0.360. The number of nitro groups is 1. The number of amides is 1. The minimum absolute atomic E-state index is 0.0403. The molecule has 0 saturated heterocycles. The van der Waals surface area contributed by atoms with Crippen LogP contribution in [0.3, 0.4) is 0 Å². The summed E-state index contributed by atoms with van der Waals surface area (Å²) < 4.78 is 15.4. The molecular formula is C14H17N3O8S. The highest BCUT2D eigenvalue weighted by molar-refractivity contribution is 7.99. The highest BCUT2D eigenvalue weighted by atomic mass is 32.2. The van der Waals surface area contributed by atoms with Gasteiger partial charge in [0.15, 0.2) is 11.5 Å². The molecule has 0 saturated carbocycles. The molecule has 12 heteroatoms. The average Bonchev–Trinajstić information content (AvgIpc) is 3.04. The maximum Gasteiger partial charge on any atom is 0.408 e. The molecule has 0 radical (unpaired) electrons. The van der Waals surface area contributed by atoms with Gasteiger partial charge in [0, 0.05) is 5.75 Å². The molecular weight excluding hydrogens is 370 g/mol. The Morgan fingerprint density at radius 2 is 2.12 bits per heavy atom. The van der Waals surface area contributed by atoms with Crippen LogP contribution in [-0.2, 0) is 9.53 Å². The molecule has 0 fully saturated rings. The zero-order valence-corrected chi connectivity index (χ0v) is 14.5. The normalized spacial score (nSPS) is 14.4. The fourth-order valence-corrected chi connectivity index (χ4v) is 2.80. The van der Waals surface area contributed by atoms with Crippen molar-refractivity contribution in [2.75, 3.05) is 18.4 Å². The predicted molar refractivity (Wildman–Crippen MR) is 90.2 cm³/mol. The lowest BCUT2D eigenvalue weighted by Crippen LogP contribution is -2.33. The Balaban J connectivity index is 1.93. The van der Waals surface area contributed by atoms with Crippen LogP contribution in [0.4, 0.5) is 10.5 Å². The number of nitrogens with two attached hydrogens (primary N) is 1. The second-order valence-electron chi connectivity index (χ2n) is 5.21. The second kappa shape index (κ2) is 8.58. The number of nitrogens with zero attached hydrogens (tertiary/aromatic N) is 1. The largest absolute Gasteiger partial charge is 0.480 e. The van der Waals surface area contributed by atoms with Crippen molar-refractivity contribution in [2.24, 2.45) is 5.73 Å². The number of fused-ring (bicyclic) bond motifs is 1. The second-order valence-corrected chi connectivity index (χ2v) is 6.24. The fraction of sp³-hybridized carbons (Fsp3) is 0.429. The van der Waals surface area contributed by atoms with Crippen LogP contribution in [-0.4, -0.2) is 46.6 Å². The summed E-state index contributed by atoms with van der Waals surface area (Å²) in [4.78, 5) is 33.0. The zero-order valence-electron chi connectivity index (χ0n) is 13.7. The van der Waals surface area contributed by atoms with Crippen LogP contribution in [0.15, 0.2) is 12.1 Å². The molecule has 2 rings (SSSR count). The molecule has 0 bridgehead atoms. The van der Waals surface area contributed by atoms with E-state index in [-0.39, 0.29) is 35.4 Å². The fourth-order valence-electron chi connectivity index (χ4n) is 2.06. The number of carboxylic acids is 1. The van der Waals surface area contributed by atoms with Crippen LogP contribution >= 0.6 is 11.8 Å². The van der Waals surface area contributed by atoms with Crippen molar-refractivity contribution in [3.8, 4) is 11.5 Å². The molecule has 1 aliphatic heterocycles. The van der Waals surface area contributed by atoms with Crippen LogP contribution in [0.1, 0.15) is 18.6 Å². The van der Waals surface area contributed by atoms with Gasteiger partial charge in [0.2, 0.25) is 6.79 Å². The highest BCUT2D eigenvalue weighted by Crippen LogP contribution is 2.40. The molecule has 1 heterocycles. The minimum Gasteiger partial charge on any atom is -0.480 e. The quantitative estimate of drug-likeness (QED) is 0.256. The highest BCUT2D eigenvalue weighted by Gasteiger charge is 2.28. The Bertz CT molecular complexity index is 714. The van der Waals surface area contributed by atoms with Crippen molar-refractivity contribution >= 4 is 29.5 Å². The Hall–Kier alpha value is -2.73. The molecule has 1 unspecified atom stereocenters. The maximum atomic E-state index is 11.8. The molecule has 142 valence electrons. The molecule has 0 spiro atoms. The number of carbonyl (C=O) groups excluding carboxylic acids is 1. The van der Waals surface area contributed by atoms with E-state index in [0.29, 0.717) is 5.75 Å². The lowest BCUT2D eigenvalue weighted by Gasteiger charge is -2.15. The first-order valence-electron chi connectivity index (χ1n) is 7.38. The number of hydrogen-bond acceptors (Lipinski definition) is 9. The van der Waals surface area contributed by atoms with Gasteiger partial charge in [-0.3, -0.25) is 14.9 Å². The Morgan fingerprint density at radius 3 is 2.73 bits per heavy atom. The minimum atomic E-state index is -1.14. The summed E-state index contributed by atoms with van der Waals surface area (Å²) in [6.45, 7) is 1.44. The Labute approximate surface area is 151 Å². The van der Waals surface area contributed by atoms with E-state index in [0.717, 1.165) is 11.8 Å². The Kier molecular flexibility index (Phi) is 6.46. The molecule has 1 aromatic rings. The number of carboxylic acid groups (broad SMARTS) is 1. The van der Waals surface area contributed by atoms with Crippen LogP contribution in [0, 0.1) is 10.1 Å². The van der Waals surface area contributed by atoms with Gasteiger partial charge in [-0.2, -0.15) is 0 Å². The molecule has 1 aromatic carbocycles. The van der Waals surface area contributed by atoms with Crippen LogP contribution < -0.4 is 20.5 Å². The standard InChI is InChI=1S/C14H17N3O8S/c1-7(25-14(20)16-5-26-4-9(15)13(18)19)8-2-11-12(24-6-23-11)3-10(8)17(21)22/h2-3,7,9H,4-6,15H2,1H3,(H,16,20)(H,18,19)/t7?,9-/m0/s1. The van der Waals surface area contributed by atoms with Crippen LogP contribution in [0.2, 0.25) is 0 Å². The van der Waals surface area contributed by atoms with E-state index in [1.165, 1.54) is 19.1 Å². The lowest BCUT2D eigenvalue weighted by atomic mass is 10.1. The number of hydrogen-bond donors (Lipinski definition) is 3. The van der Waals surface area contributed by atoms with E-state index in [1.54, 1.807) is 0 Å². The number of nitrogens with one attached hydrogen (secondary N) is 1. The number of carbonyl (C=O) groups is 2. The average molecular weight is 387 g/mol. The zero-order chi connectivity index (χ0) is 19.3. The number of rotatable bonds is 8. The third-order valence-corrected chi connectivity index (χ3v) is 4.32. The van der Waals surface area contributed by atoms with E-state index in [1.807, 2.05) is 0 Å². The van der Waals surface area contributed by atoms with Gasteiger partial charge >= 0.3 is 12.1 Å². The topological polar surface area (TPSA) is 163 Å². The van der Waals surface area contributed by atoms with Crippen molar-refractivity contribution in [2.45, 2.75) is 19.1 Å². The third kappa shape index (κ3) is 4.89. The number of alkyl carbamates (subject to hydrolysis) is 1. The number of benzene rings is 1. The van der Waals surface area contributed by atoms with Gasteiger partial charge in [-0.1, -0.05) is 0 Å². The third-order valence-electron chi connectivity index (χ3n) is 3.37. The first-order valence-corrected chi connectivity index (χ1v) is 8.53. The van der Waals surface area contributed by atoms with Gasteiger partial charge in [0.25, 0.3) is 5.69 Å². The number of thioether (sulfide) groups is 1. The van der Waals surface area contributed by atoms with Crippen LogP contribution in [0.25, 0.3) is 0 Å². The summed E-state index contributed by atoms with van der Waals surface area (Å²) in [6, 6.07) is 1.59. The van der Waals surface area contributed by atoms with E-state index in [2.05, 4.69) is 5.32 Å². The summed E-state index contributed by atoms with van der Waals surface area (Å²) >= 11 is 1.10. The van der Waals surface area contributed by atoms with Gasteiger partial charge in [0.05, 0.1) is 22.4 Å². The molecule has 26 heavy (non-hydrogen) atoms. The van der Waals surface area contributed by atoms with E-state index in [4.69, 9.17) is 25.1 Å². The molecule has 0 aromatic heterocycles. The SMILES string of the molecule is CC(OC(=O)NCSC[C@H](N)C(=O)O)c1cc2c(cc1[N+](=O)[O-])OCO2. The number of nitro benzene ring substituents is 1.